The molecule has 4 unspecified atom stereocenters. The van der Waals surface area contributed by atoms with Crippen molar-refractivity contribution in [1.82, 2.24) is 5.32 Å². The summed E-state index contributed by atoms with van der Waals surface area (Å²) in [6.07, 6.45) is 12.6. The predicted octanol–water partition coefficient (Wildman–Crippen LogP) is 4.66. The second kappa shape index (κ2) is 32.7. The molecule has 0 aromatic heterocycles. The predicted molar refractivity (Wildman–Crippen MR) is 222 cm³/mol. The molecule has 2 rings (SSSR count). The van der Waals surface area contributed by atoms with E-state index in [0.717, 1.165) is 51.4 Å². The van der Waals surface area contributed by atoms with Gasteiger partial charge in [0, 0.05) is 6.42 Å². The zero-order chi connectivity index (χ0) is 42.5. The van der Waals surface area contributed by atoms with Crippen LogP contribution in [0.4, 0.5) is 0 Å². The van der Waals surface area contributed by atoms with Crippen molar-refractivity contribution >= 4 is 5.91 Å². The molecule has 0 aromatic carbocycles. The van der Waals surface area contributed by atoms with E-state index in [1.807, 2.05) is 0 Å². The van der Waals surface area contributed by atoms with Crippen molar-refractivity contribution in [2.45, 2.75) is 254 Å². The van der Waals surface area contributed by atoms with Gasteiger partial charge >= 0.3 is 0 Å². The molecule has 2 fully saturated rings. The minimum Gasteiger partial charge on any atom is -0.394 e. The molecule has 0 radical (unpaired) electrons. The molecule has 0 saturated carbocycles. The lowest BCUT2D eigenvalue weighted by molar-refractivity contribution is -0.359. The van der Waals surface area contributed by atoms with E-state index in [1.165, 1.54) is 103 Å². The Balaban J connectivity index is 1.86. The molecule has 2 saturated heterocycles. The van der Waals surface area contributed by atoms with E-state index in [2.05, 4.69) is 19.2 Å². The Kier molecular flexibility index (Phi) is 29.9. The summed E-state index contributed by atoms with van der Waals surface area (Å²) in [5.41, 5.74) is 0. The van der Waals surface area contributed by atoms with Gasteiger partial charge < -0.3 is 65.1 Å². The first-order chi connectivity index (χ1) is 28.1. The lowest BCUT2D eigenvalue weighted by Gasteiger charge is -2.46. The van der Waals surface area contributed by atoms with E-state index in [9.17, 15) is 45.6 Å². The van der Waals surface area contributed by atoms with Crippen LogP contribution in [0, 0.1) is 0 Å². The highest BCUT2D eigenvalue weighted by Crippen LogP contribution is 2.30. The van der Waals surface area contributed by atoms with Gasteiger partial charge in [-0.05, 0) is 12.8 Å². The molecule has 0 aromatic rings. The minimum absolute atomic E-state index is 0.207. The first-order valence-electron chi connectivity index (χ1n) is 23.3. The van der Waals surface area contributed by atoms with Crippen LogP contribution in [0.2, 0.25) is 0 Å². The molecule has 58 heavy (non-hydrogen) atoms. The Morgan fingerprint density at radius 1 is 0.552 bits per heavy atom. The van der Waals surface area contributed by atoms with Crippen LogP contribution in [0.5, 0.6) is 0 Å². The van der Waals surface area contributed by atoms with E-state index in [1.54, 1.807) is 0 Å². The number of aliphatic hydroxyl groups is 8. The molecule has 2 aliphatic heterocycles. The quantitative estimate of drug-likeness (QED) is 0.0397. The molecule has 2 heterocycles. The van der Waals surface area contributed by atoms with Crippen LogP contribution in [0.1, 0.15) is 181 Å². The number of ether oxygens (including phenoxy) is 4. The Labute approximate surface area is 349 Å². The molecule has 0 aliphatic carbocycles. The van der Waals surface area contributed by atoms with Gasteiger partial charge in [-0.3, -0.25) is 4.79 Å². The molecule has 344 valence electrons. The van der Waals surface area contributed by atoms with Gasteiger partial charge in [0.2, 0.25) is 5.91 Å². The second-order valence-corrected chi connectivity index (χ2v) is 16.9. The molecular weight excluding hydrogens is 750 g/mol. The van der Waals surface area contributed by atoms with Crippen LogP contribution in [0.3, 0.4) is 0 Å². The summed E-state index contributed by atoms with van der Waals surface area (Å²) in [4.78, 5) is 13.1. The number of carbonyl (C=O) groups is 1. The molecule has 1 amide bonds. The Hall–Kier alpha value is -1.01. The fourth-order valence-corrected chi connectivity index (χ4v) is 7.94. The third-order valence-corrected chi connectivity index (χ3v) is 11.8. The van der Waals surface area contributed by atoms with Gasteiger partial charge in [-0.25, -0.2) is 0 Å². The van der Waals surface area contributed by atoms with Gasteiger partial charge in [0.05, 0.1) is 32.0 Å². The Morgan fingerprint density at radius 2 is 0.983 bits per heavy atom. The van der Waals surface area contributed by atoms with Crippen molar-refractivity contribution < 1.29 is 64.6 Å². The number of hydrogen-bond acceptors (Lipinski definition) is 13. The number of carbonyl (C=O) groups excluding carboxylic acids is 1. The monoisotopic (exact) mass is 836 g/mol. The first-order valence-corrected chi connectivity index (χ1v) is 23.3. The third-order valence-electron chi connectivity index (χ3n) is 11.8. The Morgan fingerprint density at radius 3 is 1.47 bits per heavy atom. The molecule has 12 atom stereocenters. The number of aliphatic hydroxyl groups excluding tert-OH is 8. The highest BCUT2D eigenvalue weighted by Gasteiger charge is 2.51. The minimum atomic E-state index is -1.78. The summed E-state index contributed by atoms with van der Waals surface area (Å²) in [6.45, 7) is 2.82. The van der Waals surface area contributed by atoms with Gasteiger partial charge in [0.25, 0.3) is 0 Å². The number of rotatable bonds is 35. The number of nitrogens with one attached hydrogen (secondary N) is 1. The average Bonchev–Trinajstić information content (AvgIpc) is 3.22. The van der Waals surface area contributed by atoms with E-state index >= 15 is 0 Å². The van der Waals surface area contributed by atoms with Crippen LogP contribution in [-0.4, -0.2) is 140 Å². The zero-order valence-electron chi connectivity index (χ0n) is 36.1. The van der Waals surface area contributed by atoms with Crippen LogP contribution in [0.15, 0.2) is 0 Å². The van der Waals surface area contributed by atoms with E-state index in [0.29, 0.717) is 12.8 Å². The number of hydrogen-bond donors (Lipinski definition) is 9. The van der Waals surface area contributed by atoms with E-state index in [4.69, 9.17) is 18.9 Å². The van der Waals surface area contributed by atoms with Crippen molar-refractivity contribution in [3.63, 3.8) is 0 Å². The molecule has 14 nitrogen and oxygen atoms in total. The topological polar surface area (TPSA) is 228 Å². The summed E-state index contributed by atoms with van der Waals surface area (Å²) >= 11 is 0. The molecular formula is C44H85NO13. The maximum Gasteiger partial charge on any atom is 0.220 e. The Bertz CT molecular complexity index is 993. The average molecular weight is 836 g/mol. The van der Waals surface area contributed by atoms with Crippen LogP contribution < -0.4 is 5.32 Å². The lowest BCUT2D eigenvalue weighted by Crippen LogP contribution is -2.65. The van der Waals surface area contributed by atoms with Crippen molar-refractivity contribution in [2.24, 2.45) is 0 Å². The molecule has 2 aliphatic rings. The van der Waals surface area contributed by atoms with Gasteiger partial charge in [0.15, 0.2) is 12.6 Å². The second-order valence-electron chi connectivity index (χ2n) is 16.9. The van der Waals surface area contributed by atoms with Gasteiger partial charge in [-0.1, -0.05) is 162 Å². The summed E-state index contributed by atoms with van der Waals surface area (Å²) in [5, 5.41) is 86.5. The fourth-order valence-electron chi connectivity index (χ4n) is 7.94. The summed E-state index contributed by atoms with van der Waals surface area (Å²) in [6, 6.07) is -0.818. The van der Waals surface area contributed by atoms with Crippen molar-refractivity contribution in [3.05, 3.63) is 0 Å². The van der Waals surface area contributed by atoms with Crippen molar-refractivity contribution in [3.8, 4) is 0 Å². The summed E-state index contributed by atoms with van der Waals surface area (Å²) in [5.74, 6) is -0.207. The molecule has 0 spiro atoms. The van der Waals surface area contributed by atoms with Gasteiger partial charge in [-0.15, -0.1) is 0 Å². The lowest BCUT2D eigenvalue weighted by atomic mass is 9.97. The number of amides is 1. The number of unbranched alkanes of at least 4 members (excludes halogenated alkanes) is 22. The summed E-state index contributed by atoms with van der Waals surface area (Å²) < 4.78 is 22.7. The molecule has 14 heteroatoms. The normalized spacial score (nSPS) is 28.7. The third kappa shape index (κ3) is 20.7. The molecule has 0 bridgehead atoms. The van der Waals surface area contributed by atoms with Gasteiger partial charge in [0.1, 0.15) is 48.8 Å². The van der Waals surface area contributed by atoms with Gasteiger partial charge in [-0.2, -0.15) is 0 Å². The fraction of sp³-hybridized carbons (Fsp3) is 0.977. The zero-order valence-corrected chi connectivity index (χ0v) is 36.1. The van der Waals surface area contributed by atoms with Crippen LogP contribution in [-0.2, 0) is 23.7 Å². The van der Waals surface area contributed by atoms with E-state index in [-0.39, 0.29) is 12.5 Å². The van der Waals surface area contributed by atoms with Crippen LogP contribution in [0.25, 0.3) is 0 Å². The smallest absolute Gasteiger partial charge is 0.220 e. The molecule has 9 N–H and O–H groups in total. The van der Waals surface area contributed by atoms with Crippen molar-refractivity contribution in [1.29, 1.82) is 0 Å². The highest BCUT2D eigenvalue weighted by molar-refractivity contribution is 5.76. The standard InChI is InChI=1S/C44H85NO13/c1-3-5-7-9-11-13-15-16-17-18-20-22-24-26-28-36(49)45-32(33(48)27-25-23-21-19-14-12-10-8-6-4-2)31-55-43-41(54)39(52)42(35(30-47)57-43)58-44-40(53)38(51)37(50)34(29-46)56-44/h32-35,37-44,46-48,50-54H,3-31H2,1-2H3,(H,45,49)/t32-,33+,34+,35+,37-,38?,39?,40?,41?,42+,43+,44-/m0/s1. The first kappa shape index (κ1) is 53.1. The highest BCUT2D eigenvalue weighted by atomic mass is 16.7. The largest absolute Gasteiger partial charge is 0.394 e. The van der Waals surface area contributed by atoms with Crippen molar-refractivity contribution in [2.75, 3.05) is 19.8 Å². The summed E-state index contributed by atoms with van der Waals surface area (Å²) in [7, 11) is 0. The maximum absolute atomic E-state index is 13.1. The van der Waals surface area contributed by atoms with E-state index < -0.39 is 86.8 Å². The maximum atomic E-state index is 13.1. The van der Waals surface area contributed by atoms with Crippen LogP contribution >= 0.6 is 0 Å². The SMILES string of the molecule is CCCCCCCCCCCCCCCCC(=O)N[C@@H](CO[C@@H]1O[C@H](CO)[C@@H](O[C@@H]2O[C@H](CO)[C@H](O)C(O)C2O)C(O)C1O)[C@H](O)CCCCCCCCCCCC.